The number of allylic oxidation sites excluding steroid dienone is 9. The molecule has 2 saturated heterocycles. The summed E-state index contributed by atoms with van der Waals surface area (Å²) in [4.78, 5) is 18.0. The standard InChI is InChI=1S/C29H39N2O2P.C9H8F3N.C9H20.C3H8.2C2H6/c1-6-8-9-10-23(13-14-34-7-2)15-20(3)16-26-22(5)21(4)18-30-19-27-31(29(32)28(26)30)24-11-12-25(17-24)33-27;1-2-13-5-7-8(11)3-6(10)4-9(7)12;1-3-5-7-9-8-6-4-2;1-3-2;2*1-2/h6,8-10,18,24-25,27,34H,1,3,5,7,11-17,19H2,2,4H3;2-4,13H,1,5H2;3-9H2,1-2H3;3H2,1-2H3;2*1-2H3/b9-8-,23-10+;;;;;. The van der Waals surface area contributed by atoms with E-state index < -0.39 is 17.5 Å². The highest BCUT2D eigenvalue weighted by molar-refractivity contribution is 7.37. The van der Waals surface area contributed by atoms with Crippen molar-refractivity contribution in [2.75, 3.05) is 18.9 Å². The number of ether oxygens (including phenoxy) is 1. The van der Waals surface area contributed by atoms with Gasteiger partial charge in [0, 0.05) is 36.5 Å². The lowest BCUT2D eigenvalue weighted by Crippen LogP contribution is -2.61. The summed E-state index contributed by atoms with van der Waals surface area (Å²) in [6.07, 6.45) is 30.9. The fourth-order valence-corrected chi connectivity index (χ4v) is 8.41. The third-order valence-electron chi connectivity index (χ3n) is 10.6. The Hall–Kier alpha value is -3.61. The van der Waals surface area contributed by atoms with Crippen LogP contribution in [0.2, 0.25) is 0 Å². The first-order valence-corrected chi connectivity index (χ1v) is 25.5. The Morgan fingerprint density at radius 3 is 2.10 bits per heavy atom. The van der Waals surface area contributed by atoms with Crippen molar-refractivity contribution in [1.82, 2.24) is 15.1 Å². The van der Waals surface area contributed by atoms with Gasteiger partial charge in [-0.3, -0.25) is 4.79 Å². The summed E-state index contributed by atoms with van der Waals surface area (Å²) in [5.74, 6) is -2.61. The summed E-state index contributed by atoms with van der Waals surface area (Å²) in [5, 5.41) is 2.53. The number of rotatable bonds is 19. The van der Waals surface area contributed by atoms with Gasteiger partial charge in [-0.25, -0.2) is 13.2 Å². The Morgan fingerprint density at radius 1 is 0.937 bits per heavy atom. The highest BCUT2D eigenvalue weighted by atomic mass is 31.1. The van der Waals surface area contributed by atoms with Crippen molar-refractivity contribution in [3.63, 3.8) is 0 Å². The van der Waals surface area contributed by atoms with Crippen LogP contribution in [0.25, 0.3) is 0 Å². The molecule has 9 heteroatoms. The lowest BCUT2D eigenvalue weighted by molar-refractivity contribution is -0.176. The van der Waals surface area contributed by atoms with E-state index in [1.807, 2.05) is 38.7 Å². The normalized spacial score (nSPS) is 18.5. The first-order chi connectivity index (χ1) is 30.4. The molecule has 1 aliphatic carbocycles. The molecule has 1 saturated carbocycles. The van der Waals surface area contributed by atoms with Gasteiger partial charge in [0.2, 0.25) is 0 Å². The topological polar surface area (TPSA) is 44.8 Å². The van der Waals surface area contributed by atoms with Gasteiger partial charge >= 0.3 is 0 Å². The van der Waals surface area contributed by atoms with Crippen LogP contribution in [0.5, 0.6) is 0 Å². The van der Waals surface area contributed by atoms with E-state index in [1.165, 1.54) is 75.5 Å². The number of hydrogen-bond donors (Lipinski definition) is 1. The molecule has 63 heavy (non-hydrogen) atoms. The zero-order valence-corrected chi connectivity index (χ0v) is 42.3. The van der Waals surface area contributed by atoms with Crippen LogP contribution in [0.1, 0.15) is 165 Å². The molecule has 0 spiro atoms. The van der Waals surface area contributed by atoms with Crippen LogP contribution < -0.4 is 5.32 Å². The fourth-order valence-electron chi connectivity index (χ4n) is 7.56. The summed E-state index contributed by atoms with van der Waals surface area (Å²) in [5.41, 5.74) is 6.21. The molecule has 5 rings (SSSR count). The summed E-state index contributed by atoms with van der Waals surface area (Å²) in [7, 11) is 0.990. The first kappa shape index (κ1) is 59.4. The van der Waals surface area contributed by atoms with Gasteiger partial charge in [0.15, 0.2) is 6.23 Å². The van der Waals surface area contributed by atoms with Crippen molar-refractivity contribution < 1.29 is 22.7 Å². The van der Waals surface area contributed by atoms with E-state index in [2.05, 4.69) is 96.4 Å². The molecule has 5 nitrogen and oxygen atoms in total. The Labute approximate surface area is 385 Å². The minimum Gasteiger partial charge on any atom is -0.387 e. The molecule has 3 aliphatic heterocycles. The van der Waals surface area contributed by atoms with E-state index in [1.54, 1.807) is 6.08 Å². The van der Waals surface area contributed by atoms with Gasteiger partial charge in [0.05, 0.1) is 12.6 Å². The summed E-state index contributed by atoms with van der Waals surface area (Å²) >= 11 is 0. The lowest BCUT2D eigenvalue weighted by Gasteiger charge is -2.49. The van der Waals surface area contributed by atoms with Crippen LogP contribution in [0.4, 0.5) is 13.2 Å². The maximum absolute atomic E-state index is 13.8. The van der Waals surface area contributed by atoms with E-state index in [0.29, 0.717) is 37.2 Å². The molecule has 4 aliphatic rings. The molecule has 1 aromatic carbocycles. The van der Waals surface area contributed by atoms with Crippen molar-refractivity contribution in [2.45, 2.75) is 184 Å². The number of piperazine rings is 1. The minimum absolute atomic E-state index is 0.0402. The molecule has 2 bridgehead atoms. The molecule has 3 fully saturated rings. The predicted molar refractivity (Wildman–Crippen MR) is 270 cm³/mol. The smallest absolute Gasteiger partial charge is 0.273 e. The minimum atomic E-state index is -0.919. The van der Waals surface area contributed by atoms with Crippen LogP contribution >= 0.6 is 8.58 Å². The molecule has 1 aromatic rings. The summed E-state index contributed by atoms with van der Waals surface area (Å²) < 4.78 is 44.4. The van der Waals surface area contributed by atoms with Gasteiger partial charge in [0.25, 0.3) is 5.91 Å². The zero-order chi connectivity index (χ0) is 47.7. The quantitative estimate of drug-likeness (QED) is 0.0650. The number of carbonyl (C=O) groups excluding carboxylic acids is 1. The number of benzene rings is 1. The van der Waals surface area contributed by atoms with Crippen LogP contribution in [0.3, 0.4) is 0 Å². The van der Waals surface area contributed by atoms with Gasteiger partial charge in [-0.1, -0.05) is 175 Å². The van der Waals surface area contributed by atoms with Gasteiger partial charge < -0.3 is 19.9 Å². The zero-order valence-electron chi connectivity index (χ0n) is 41.3. The van der Waals surface area contributed by atoms with Crippen LogP contribution in [0, 0.1) is 17.5 Å². The first-order valence-electron chi connectivity index (χ1n) is 24.1. The van der Waals surface area contributed by atoms with Crippen molar-refractivity contribution >= 4 is 14.5 Å². The molecule has 0 aromatic heterocycles. The third kappa shape index (κ3) is 21.3. The van der Waals surface area contributed by atoms with E-state index in [0.717, 1.165) is 68.7 Å². The Bertz CT molecular complexity index is 1620. The third-order valence-corrected chi connectivity index (χ3v) is 11.7. The SMILES string of the molecule is C=C/C=C\C=C(/CCPCC)CC(=C)CC1=C2C(=O)N3C4CCC(C4)OC3CN2C=C(C)C1=C.C=CNCc1c(F)cc(F)cc1F.CC.CC.CCC.CCCCCCCCC. The van der Waals surface area contributed by atoms with Crippen molar-refractivity contribution in [1.29, 1.82) is 0 Å². The molecule has 0 radical (unpaired) electrons. The molecular formula is C54H87F3N3O2P. The van der Waals surface area contributed by atoms with E-state index in [-0.39, 0.29) is 24.2 Å². The van der Waals surface area contributed by atoms with Crippen LogP contribution in [-0.4, -0.2) is 52.9 Å². The van der Waals surface area contributed by atoms with Gasteiger partial charge in [0.1, 0.15) is 23.1 Å². The number of halogens is 3. The Kier molecular flexibility index (Phi) is 33.7. The van der Waals surface area contributed by atoms with Gasteiger partial charge in [-0.05, 0) is 80.7 Å². The monoisotopic (exact) mass is 898 g/mol. The van der Waals surface area contributed by atoms with Gasteiger partial charge in [-0.2, -0.15) is 0 Å². The number of unbranched alkanes of at least 4 members (excludes halogenated alkanes) is 6. The average molecular weight is 898 g/mol. The van der Waals surface area contributed by atoms with Crippen molar-refractivity contribution in [3.05, 3.63) is 132 Å². The van der Waals surface area contributed by atoms with E-state index in [9.17, 15) is 18.0 Å². The number of fused-ring (bicyclic) bond motifs is 5. The second kappa shape index (κ2) is 35.7. The molecule has 3 heterocycles. The number of amides is 1. The summed E-state index contributed by atoms with van der Waals surface area (Å²) in [6, 6.07) is 1.59. The van der Waals surface area contributed by atoms with Crippen LogP contribution in [0.15, 0.2) is 109 Å². The number of nitrogens with one attached hydrogen (secondary N) is 1. The number of hydrogen-bond acceptors (Lipinski definition) is 4. The molecule has 356 valence electrons. The predicted octanol–water partition coefficient (Wildman–Crippen LogP) is 15.8. The molecule has 1 amide bonds. The highest BCUT2D eigenvalue weighted by Crippen LogP contribution is 2.43. The Balaban J connectivity index is 0.00000109. The van der Waals surface area contributed by atoms with Crippen molar-refractivity contribution in [3.8, 4) is 0 Å². The number of carbonyl (C=O) groups is 1. The fraction of sp³-hybridized carbons (Fsp3) is 0.574. The van der Waals surface area contributed by atoms with Gasteiger partial charge in [-0.15, -0.1) is 8.58 Å². The van der Waals surface area contributed by atoms with Crippen molar-refractivity contribution in [2.24, 2.45) is 0 Å². The highest BCUT2D eigenvalue weighted by Gasteiger charge is 2.49. The van der Waals surface area contributed by atoms with E-state index >= 15 is 0 Å². The lowest BCUT2D eigenvalue weighted by atomic mass is 9.87. The second-order valence-corrected chi connectivity index (χ2v) is 17.4. The maximum atomic E-state index is 13.8. The maximum Gasteiger partial charge on any atom is 0.273 e. The van der Waals surface area contributed by atoms with Crippen LogP contribution in [-0.2, 0) is 16.1 Å². The second-order valence-electron chi connectivity index (χ2n) is 15.7. The molecule has 1 N–H and O–H groups in total. The number of nitrogens with zero attached hydrogens (tertiary/aromatic N) is 2. The summed E-state index contributed by atoms with van der Waals surface area (Å²) in [6.45, 7) is 37.7. The Morgan fingerprint density at radius 2 is 1.54 bits per heavy atom. The average Bonchev–Trinajstić information content (AvgIpc) is 3.64. The van der Waals surface area contributed by atoms with E-state index in [4.69, 9.17) is 4.74 Å². The molecular weight excluding hydrogens is 811 g/mol. The largest absolute Gasteiger partial charge is 0.387 e. The molecule has 4 atom stereocenters. The molecule has 4 unspecified atom stereocenters.